The molecule has 86 valence electrons. The van der Waals surface area contributed by atoms with Crippen molar-refractivity contribution in [2.24, 2.45) is 0 Å². The molecule has 0 bridgehead atoms. The Morgan fingerprint density at radius 2 is 2.19 bits per heavy atom. The van der Waals surface area contributed by atoms with Gasteiger partial charge in [0.05, 0.1) is 6.54 Å². The molecule has 0 radical (unpaired) electrons. The number of hydrogen-bond acceptors (Lipinski definition) is 2. The first-order chi connectivity index (χ1) is 7.70. The lowest BCUT2D eigenvalue weighted by molar-refractivity contribution is 0.495. The van der Waals surface area contributed by atoms with Crippen LogP contribution in [0.4, 0.5) is 4.39 Å². The van der Waals surface area contributed by atoms with E-state index in [1.807, 2.05) is 12.1 Å². The largest absolute Gasteiger partial charge is 0.457 e. The lowest BCUT2D eigenvalue weighted by Crippen LogP contribution is -2.12. The maximum atomic E-state index is 13.5. The van der Waals surface area contributed by atoms with Gasteiger partial charge in [0.1, 0.15) is 5.76 Å². The molecule has 0 aliphatic rings. The number of nitrogens with one attached hydrogen (secondary N) is 1. The molecule has 16 heavy (non-hydrogen) atoms. The number of rotatable bonds is 4. The second-order valence-electron chi connectivity index (χ2n) is 3.70. The van der Waals surface area contributed by atoms with E-state index >= 15 is 0 Å². The zero-order valence-corrected chi connectivity index (χ0v) is 10.6. The molecule has 1 aromatic carbocycles. The summed E-state index contributed by atoms with van der Waals surface area (Å²) in [7, 11) is 0. The van der Waals surface area contributed by atoms with Crippen LogP contribution in [0.2, 0.25) is 0 Å². The van der Waals surface area contributed by atoms with Crippen LogP contribution in [0.3, 0.4) is 0 Å². The van der Waals surface area contributed by atoms with Gasteiger partial charge in [-0.15, -0.1) is 0 Å². The van der Waals surface area contributed by atoms with Gasteiger partial charge >= 0.3 is 0 Å². The summed E-state index contributed by atoms with van der Waals surface area (Å²) in [5, 5.41) is 4.01. The number of hydrogen-bond donors (Lipinski definition) is 1. The first-order valence-electron chi connectivity index (χ1n) is 5.29. The number of halogens is 2. The Hall–Kier alpha value is -0.870. The highest BCUT2D eigenvalue weighted by molar-refractivity contribution is 9.10. The normalized spacial score (nSPS) is 11.2. The van der Waals surface area contributed by atoms with Gasteiger partial charge in [0.2, 0.25) is 0 Å². The van der Waals surface area contributed by atoms with Crippen molar-refractivity contribution >= 4 is 26.9 Å². The summed E-state index contributed by atoms with van der Waals surface area (Å²) in [6.45, 7) is 3.67. The van der Waals surface area contributed by atoms with Crippen molar-refractivity contribution in [2.45, 2.75) is 19.9 Å². The SMILES string of the molecule is CCCNCc1cc2cc(Br)cc(F)c2o1. The molecule has 2 aromatic rings. The highest BCUT2D eigenvalue weighted by Crippen LogP contribution is 2.26. The first kappa shape index (κ1) is 11.6. The van der Waals surface area contributed by atoms with Gasteiger partial charge in [-0.05, 0) is 31.2 Å². The minimum absolute atomic E-state index is 0.328. The maximum Gasteiger partial charge on any atom is 0.170 e. The van der Waals surface area contributed by atoms with E-state index in [1.165, 1.54) is 6.07 Å². The number of fused-ring (bicyclic) bond motifs is 1. The minimum atomic E-state index is -0.328. The molecule has 2 nitrogen and oxygen atoms in total. The molecule has 0 unspecified atom stereocenters. The molecule has 1 heterocycles. The Kier molecular flexibility index (Phi) is 3.61. The molecule has 0 spiro atoms. The van der Waals surface area contributed by atoms with E-state index in [4.69, 9.17) is 4.42 Å². The molecule has 4 heteroatoms. The van der Waals surface area contributed by atoms with E-state index in [9.17, 15) is 4.39 Å². The predicted molar refractivity (Wildman–Crippen MR) is 65.9 cm³/mol. The highest BCUT2D eigenvalue weighted by Gasteiger charge is 2.09. The summed E-state index contributed by atoms with van der Waals surface area (Å²) in [5.74, 6) is 0.437. The van der Waals surface area contributed by atoms with E-state index in [1.54, 1.807) is 0 Å². The third-order valence-electron chi connectivity index (χ3n) is 2.31. The van der Waals surface area contributed by atoms with Crippen LogP contribution in [-0.4, -0.2) is 6.54 Å². The van der Waals surface area contributed by atoms with Crippen molar-refractivity contribution in [3.05, 3.63) is 34.2 Å². The minimum Gasteiger partial charge on any atom is -0.457 e. The molecule has 0 amide bonds. The molecule has 0 saturated carbocycles. The van der Waals surface area contributed by atoms with Crippen molar-refractivity contribution < 1.29 is 8.81 Å². The average molecular weight is 286 g/mol. The predicted octanol–water partition coefficient (Wildman–Crippen LogP) is 3.83. The zero-order chi connectivity index (χ0) is 11.5. The topological polar surface area (TPSA) is 25.2 Å². The summed E-state index contributed by atoms with van der Waals surface area (Å²) in [5.41, 5.74) is 0.330. The molecule has 1 aromatic heterocycles. The molecule has 0 atom stereocenters. The second kappa shape index (κ2) is 4.97. The molecular formula is C12H13BrFNO. The fourth-order valence-corrected chi connectivity index (χ4v) is 2.05. The van der Waals surface area contributed by atoms with Crippen LogP contribution in [0, 0.1) is 5.82 Å². The number of furan rings is 1. The lowest BCUT2D eigenvalue weighted by atomic mass is 10.2. The lowest BCUT2D eigenvalue weighted by Gasteiger charge is -1.97. The van der Waals surface area contributed by atoms with Crippen LogP contribution in [0.5, 0.6) is 0 Å². The van der Waals surface area contributed by atoms with Crippen LogP contribution < -0.4 is 5.32 Å². The summed E-state index contributed by atoms with van der Waals surface area (Å²) >= 11 is 3.26. The van der Waals surface area contributed by atoms with E-state index in [0.717, 1.165) is 28.6 Å². The molecule has 0 aliphatic heterocycles. The van der Waals surface area contributed by atoms with Gasteiger partial charge < -0.3 is 9.73 Å². The van der Waals surface area contributed by atoms with Crippen LogP contribution in [0.15, 0.2) is 27.1 Å². The van der Waals surface area contributed by atoms with Crippen molar-refractivity contribution in [3.8, 4) is 0 Å². The summed E-state index contributed by atoms with van der Waals surface area (Å²) in [6, 6.07) is 5.13. The van der Waals surface area contributed by atoms with Gasteiger partial charge in [0.25, 0.3) is 0 Å². The van der Waals surface area contributed by atoms with Crippen molar-refractivity contribution in [3.63, 3.8) is 0 Å². The van der Waals surface area contributed by atoms with E-state index in [-0.39, 0.29) is 5.82 Å². The van der Waals surface area contributed by atoms with Crippen LogP contribution in [0.25, 0.3) is 11.0 Å². The van der Waals surface area contributed by atoms with Crippen LogP contribution in [0.1, 0.15) is 19.1 Å². The van der Waals surface area contributed by atoms with Crippen LogP contribution >= 0.6 is 15.9 Å². The standard InChI is InChI=1S/C12H13BrFNO/c1-2-3-15-7-10-5-8-4-9(13)6-11(14)12(8)16-10/h4-6,15H,2-3,7H2,1H3. The Morgan fingerprint density at radius 1 is 1.38 bits per heavy atom. The zero-order valence-electron chi connectivity index (χ0n) is 9.02. The molecule has 0 aliphatic carbocycles. The highest BCUT2D eigenvalue weighted by atomic mass is 79.9. The molecule has 0 saturated heterocycles. The molecule has 1 N–H and O–H groups in total. The molecule has 0 fully saturated rings. The van der Waals surface area contributed by atoms with Gasteiger partial charge in [0, 0.05) is 9.86 Å². The summed E-state index contributed by atoms with van der Waals surface area (Å²) in [6.07, 6.45) is 1.07. The van der Waals surface area contributed by atoms with Gasteiger partial charge in [-0.1, -0.05) is 22.9 Å². The van der Waals surface area contributed by atoms with E-state index < -0.39 is 0 Å². The van der Waals surface area contributed by atoms with Gasteiger partial charge in [-0.3, -0.25) is 0 Å². The molecule has 2 rings (SSSR count). The van der Waals surface area contributed by atoms with Gasteiger partial charge in [-0.25, -0.2) is 4.39 Å². The van der Waals surface area contributed by atoms with E-state index in [0.29, 0.717) is 12.1 Å². The van der Waals surface area contributed by atoms with Crippen molar-refractivity contribution in [2.75, 3.05) is 6.54 Å². The van der Waals surface area contributed by atoms with Crippen molar-refractivity contribution in [1.82, 2.24) is 5.32 Å². The monoisotopic (exact) mass is 285 g/mol. The Morgan fingerprint density at radius 3 is 2.94 bits per heavy atom. The average Bonchev–Trinajstić information content (AvgIpc) is 2.61. The Bertz CT molecular complexity index is 495. The Balaban J connectivity index is 2.26. The first-order valence-corrected chi connectivity index (χ1v) is 6.08. The fraction of sp³-hybridized carbons (Fsp3) is 0.333. The third-order valence-corrected chi connectivity index (χ3v) is 2.77. The van der Waals surface area contributed by atoms with Crippen LogP contribution in [-0.2, 0) is 6.54 Å². The smallest absolute Gasteiger partial charge is 0.170 e. The fourth-order valence-electron chi connectivity index (χ4n) is 1.60. The maximum absolute atomic E-state index is 13.5. The summed E-state index contributed by atoms with van der Waals surface area (Å²) in [4.78, 5) is 0. The van der Waals surface area contributed by atoms with E-state index in [2.05, 4.69) is 28.2 Å². The number of benzene rings is 1. The quantitative estimate of drug-likeness (QED) is 0.864. The second-order valence-corrected chi connectivity index (χ2v) is 4.61. The third kappa shape index (κ3) is 2.44. The summed E-state index contributed by atoms with van der Waals surface area (Å²) < 4.78 is 19.7. The van der Waals surface area contributed by atoms with Gasteiger partial charge in [-0.2, -0.15) is 0 Å². The van der Waals surface area contributed by atoms with Gasteiger partial charge in [0.15, 0.2) is 11.4 Å². The van der Waals surface area contributed by atoms with Crippen molar-refractivity contribution in [1.29, 1.82) is 0 Å². The Labute approximate surface area is 102 Å². The molecular weight excluding hydrogens is 273 g/mol.